The molecule has 7 nitrogen and oxygen atoms in total. The summed E-state index contributed by atoms with van der Waals surface area (Å²) in [4.78, 5) is 15.1. The Morgan fingerprint density at radius 3 is 2.52 bits per heavy atom. The van der Waals surface area contributed by atoms with Gasteiger partial charge in [0.15, 0.2) is 0 Å². The number of amides is 1. The molecule has 1 atom stereocenters. The van der Waals surface area contributed by atoms with Gasteiger partial charge in [-0.15, -0.1) is 6.58 Å². The number of benzene rings is 2. The molecule has 31 heavy (non-hydrogen) atoms. The van der Waals surface area contributed by atoms with Crippen molar-refractivity contribution in [2.24, 2.45) is 0 Å². The maximum atomic E-state index is 12.8. The lowest BCUT2D eigenvalue weighted by molar-refractivity contribution is 0.0934. The monoisotopic (exact) mass is 445 g/mol. The van der Waals surface area contributed by atoms with Gasteiger partial charge in [0.2, 0.25) is 10.0 Å². The average molecular weight is 446 g/mol. The third kappa shape index (κ3) is 6.65. The Kier molecular flexibility index (Phi) is 9.23. The number of methoxy groups -OCH3 is 1. The molecular formula is C23H31N3O4S. The Bertz CT molecular complexity index is 988. The van der Waals surface area contributed by atoms with Crippen molar-refractivity contribution in [2.75, 3.05) is 33.3 Å². The molecule has 0 aliphatic carbocycles. The van der Waals surface area contributed by atoms with Crippen molar-refractivity contribution >= 4 is 15.9 Å². The summed E-state index contributed by atoms with van der Waals surface area (Å²) < 4.78 is 32.4. The average Bonchev–Trinajstić information content (AvgIpc) is 2.80. The van der Waals surface area contributed by atoms with E-state index in [4.69, 9.17) is 4.74 Å². The summed E-state index contributed by atoms with van der Waals surface area (Å²) in [5.74, 6) is 0.423. The van der Waals surface area contributed by atoms with Gasteiger partial charge >= 0.3 is 0 Å². The highest BCUT2D eigenvalue weighted by Crippen LogP contribution is 2.24. The van der Waals surface area contributed by atoms with Crippen LogP contribution in [0.1, 0.15) is 35.8 Å². The van der Waals surface area contributed by atoms with E-state index in [1.54, 1.807) is 19.2 Å². The van der Waals surface area contributed by atoms with Crippen molar-refractivity contribution in [1.82, 2.24) is 14.9 Å². The standard InChI is InChI=1S/C23H31N3O4S/c1-5-14-25-31(28,29)21-13-9-11-19(16-21)23(27)24-17-22(26(6-2)7-3)18-10-8-12-20(15-18)30-4/h5,8-13,15-16,22,25H,1,6-7,14,17H2,2-4H3,(H,24,27)/t22-/m1/s1. The Morgan fingerprint density at radius 2 is 1.87 bits per heavy atom. The minimum absolute atomic E-state index is 0.0371. The van der Waals surface area contributed by atoms with Gasteiger partial charge in [0.05, 0.1) is 18.0 Å². The zero-order valence-corrected chi connectivity index (χ0v) is 19.1. The summed E-state index contributed by atoms with van der Waals surface area (Å²) in [5.41, 5.74) is 1.32. The Labute approximate surface area is 185 Å². The van der Waals surface area contributed by atoms with Crippen LogP contribution in [0, 0.1) is 0 Å². The van der Waals surface area contributed by atoms with Crippen molar-refractivity contribution < 1.29 is 17.9 Å². The van der Waals surface area contributed by atoms with Crippen LogP contribution in [0.25, 0.3) is 0 Å². The summed E-state index contributed by atoms with van der Waals surface area (Å²) in [6.07, 6.45) is 1.46. The predicted molar refractivity (Wildman–Crippen MR) is 123 cm³/mol. The molecule has 0 aliphatic rings. The van der Waals surface area contributed by atoms with E-state index in [1.807, 2.05) is 24.3 Å². The first-order chi connectivity index (χ1) is 14.9. The lowest BCUT2D eigenvalue weighted by atomic mass is 10.0. The molecule has 0 radical (unpaired) electrons. The molecule has 0 saturated heterocycles. The van der Waals surface area contributed by atoms with Crippen LogP contribution in [0.5, 0.6) is 5.75 Å². The number of carbonyl (C=O) groups excluding carboxylic acids is 1. The molecule has 0 saturated carbocycles. The van der Waals surface area contributed by atoms with Crippen LogP contribution in [0.15, 0.2) is 66.1 Å². The molecule has 0 aliphatic heterocycles. The van der Waals surface area contributed by atoms with Gasteiger partial charge in [0.1, 0.15) is 5.75 Å². The highest BCUT2D eigenvalue weighted by atomic mass is 32.2. The Balaban J connectivity index is 2.21. The Morgan fingerprint density at radius 1 is 1.16 bits per heavy atom. The van der Waals surface area contributed by atoms with Crippen molar-refractivity contribution in [1.29, 1.82) is 0 Å². The molecule has 2 aromatic carbocycles. The zero-order chi connectivity index (χ0) is 22.9. The van der Waals surface area contributed by atoms with Gasteiger partial charge in [-0.2, -0.15) is 0 Å². The molecule has 2 N–H and O–H groups in total. The van der Waals surface area contributed by atoms with Gasteiger partial charge in [-0.05, 0) is 49.0 Å². The van der Waals surface area contributed by atoms with E-state index in [-0.39, 0.29) is 29.0 Å². The molecule has 2 aromatic rings. The summed E-state index contributed by atoms with van der Waals surface area (Å²) in [6, 6.07) is 13.7. The van der Waals surface area contributed by atoms with E-state index in [2.05, 4.69) is 35.4 Å². The first kappa shape index (κ1) is 24.6. The first-order valence-corrected chi connectivity index (χ1v) is 11.7. The molecule has 0 heterocycles. The smallest absolute Gasteiger partial charge is 0.251 e. The third-order valence-electron chi connectivity index (χ3n) is 5.01. The molecule has 0 spiro atoms. The van der Waals surface area contributed by atoms with Crippen LogP contribution in [0.4, 0.5) is 0 Å². The fourth-order valence-electron chi connectivity index (χ4n) is 3.32. The normalized spacial score (nSPS) is 12.4. The van der Waals surface area contributed by atoms with E-state index in [1.165, 1.54) is 18.2 Å². The largest absolute Gasteiger partial charge is 0.497 e. The molecule has 8 heteroatoms. The molecule has 0 unspecified atom stereocenters. The highest BCUT2D eigenvalue weighted by Gasteiger charge is 2.21. The molecule has 0 fully saturated rings. The third-order valence-corrected chi connectivity index (χ3v) is 6.43. The quantitative estimate of drug-likeness (QED) is 0.491. The Hall–Kier alpha value is -2.68. The van der Waals surface area contributed by atoms with Gasteiger partial charge in [-0.1, -0.05) is 38.1 Å². The lowest BCUT2D eigenvalue weighted by Gasteiger charge is -2.30. The van der Waals surface area contributed by atoms with E-state index in [9.17, 15) is 13.2 Å². The number of nitrogens with zero attached hydrogens (tertiary/aromatic N) is 1. The highest BCUT2D eigenvalue weighted by molar-refractivity contribution is 7.89. The second-order valence-electron chi connectivity index (χ2n) is 6.89. The predicted octanol–water partition coefficient (Wildman–Crippen LogP) is 2.97. The van der Waals surface area contributed by atoms with Crippen LogP contribution >= 0.6 is 0 Å². The van der Waals surface area contributed by atoms with Crippen LogP contribution in [-0.4, -0.2) is 52.5 Å². The zero-order valence-electron chi connectivity index (χ0n) is 18.3. The van der Waals surface area contributed by atoms with Crippen LogP contribution < -0.4 is 14.8 Å². The number of sulfonamides is 1. The van der Waals surface area contributed by atoms with Crippen LogP contribution in [0.2, 0.25) is 0 Å². The second kappa shape index (κ2) is 11.6. The van der Waals surface area contributed by atoms with E-state index < -0.39 is 10.0 Å². The summed E-state index contributed by atoms with van der Waals surface area (Å²) in [7, 11) is -2.08. The van der Waals surface area contributed by atoms with Gasteiger partial charge < -0.3 is 10.1 Å². The SMILES string of the molecule is C=CCNS(=O)(=O)c1cccc(C(=O)NC[C@H](c2cccc(OC)c2)N(CC)CC)c1. The summed E-state index contributed by atoms with van der Waals surface area (Å²) >= 11 is 0. The first-order valence-electron chi connectivity index (χ1n) is 10.2. The van der Waals surface area contributed by atoms with Gasteiger partial charge in [0.25, 0.3) is 5.91 Å². The van der Waals surface area contributed by atoms with Crippen LogP contribution in [0.3, 0.4) is 0 Å². The fourth-order valence-corrected chi connectivity index (χ4v) is 4.36. The number of carbonyl (C=O) groups is 1. The second-order valence-corrected chi connectivity index (χ2v) is 8.66. The molecule has 0 bridgehead atoms. The van der Waals surface area contributed by atoms with Crippen LogP contribution in [-0.2, 0) is 10.0 Å². The topological polar surface area (TPSA) is 87.7 Å². The van der Waals surface area contributed by atoms with Gasteiger partial charge in [-0.3, -0.25) is 9.69 Å². The number of nitrogens with one attached hydrogen (secondary N) is 2. The molecule has 2 rings (SSSR count). The minimum Gasteiger partial charge on any atom is -0.497 e. The van der Waals surface area contributed by atoms with Gasteiger partial charge in [0, 0.05) is 18.7 Å². The van der Waals surface area contributed by atoms with Crippen molar-refractivity contribution in [3.05, 3.63) is 72.3 Å². The molecule has 1 amide bonds. The molecule has 168 valence electrons. The minimum atomic E-state index is -3.71. The fraction of sp³-hybridized carbons (Fsp3) is 0.348. The number of rotatable bonds is 12. The summed E-state index contributed by atoms with van der Waals surface area (Å²) in [6.45, 7) is 9.77. The lowest BCUT2D eigenvalue weighted by Crippen LogP contribution is -2.38. The molecular weight excluding hydrogens is 414 g/mol. The maximum Gasteiger partial charge on any atom is 0.251 e. The molecule has 0 aromatic heterocycles. The van der Waals surface area contributed by atoms with E-state index in [0.29, 0.717) is 6.54 Å². The number of likely N-dealkylation sites (N-methyl/N-ethyl adjacent to an activating group) is 1. The van der Waals surface area contributed by atoms with E-state index in [0.717, 1.165) is 24.4 Å². The van der Waals surface area contributed by atoms with Gasteiger partial charge in [-0.25, -0.2) is 13.1 Å². The maximum absolute atomic E-state index is 12.8. The summed E-state index contributed by atoms with van der Waals surface area (Å²) in [5, 5.41) is 2.95. The van der Waals surface area contributed by atoms with E-state index >= 15 is 0 Å². The van der Waals surface area contributed by atoms with Crippen molar-refractivity contribution in [2.45, 2.75) is 24.8 Å². The number of ether oxygens (including phenoxy) is 1. The number of hydrogen-bond donors (Lipinski definition) is 2. The van der Waals surface area contributed by atoms with Crippen molar-refractivity contribution in [3.8, 4) is 5.75 Å². The van der Waals surface area contributed by atoms with Crippen molar-refractivity contribution in [3.63, 3.8) is 0 Å². The number of hydrogen-bond acceptors (Lipinski definition) is 5.